The number of aryl methyl sites for hydroxylation is 2. The fraction of sp³-hybridized carbons (Fsp3) is 0.286. The minimum Gasteiger partial charge on any atom is -0.325 e. The van der Waals surface area contributed by atoms with Gasteiger partial charge in [-0.25, -0.2) is 0 Å². The lowest BCUT2D eigenvalue weighted by Gasteiger charge is -2.18. The Morgan fingerprint density at radius 2 is 1.38 bits per heavy atom. The molecule has 2 aromatic carbocycles. The van der Waals surface area contributed by atoms with Crippen LogP contribution in [0.2, 0.25) is 0 Å². The van der Waals surface area contributed by atoms with Crippen molar-refractivity contribution < 1.29 is 14.4 Å². The molecule has 0 bridgehead atoms. The molecule has 1 fully saturated rings. The first kappa shape index (κ1) is 17.9. The molecular formula is C21H22N2O3. The fourth-order valence-corrected chi connectivity index (χ4v) is 2.97. The number of Topliss-reactive ketones (excluding diaryl/α,β-unsaturated/α-hetero) is 1. The number of carbonyl (C=O) groups is 3. The van der Waals surface area contributed by atoms with Crippen molar-refractivity contribution in [2.24, 2.45) is 5.41 Å². The van der Waals surface area contributed by atoms with Crippen molar-refractivity contribution in [2.75, 3.05) is 10.6 Å². The number of hydrogen-bond acceptors (Lipinski definition) is 3. The van der Waals surface area contributed by atoms with Gasteiger partial charge in [-0.05, 0) is 69.0 Å². The van der Waals surface area contributed by atoms with Crippen LogP contribution in [-0.2, 0) is 9.59 Å². The summed E-state index contributed by atoms with van der Waals surface area (Å²) in [5, 5.41) is 5.72. The number of rotatable bonds is 5. The molecule has 5 nitrogen and oxygen atoms in total. The van der Waals surface area contributed by atoms with Gasteiger partial charge in [0.05, 0.1) is 0 Å². The summed E-state index contributed by atoms with van der Waals surface area (Å²) in [7, 11) is 0. The predicted molar refractivity (Wildman–Crippen MR) is 101 cm³/mol. The molecule has 134 valence electrons. The van der Waals surface area contributed by atoms with Gasteiger partial charge < -0.3 is 10.6 Å². The van der Waals surface area contributed by atoms with E-state index in [4.69, 9.17) is 0 Å². The number of anilines is 2. The molecule has 0 unspecified atom stereocenters. The SMILES string of the molecule is CC(=O)c1ccc(NC(=O)C2(C(=O)Nc3c(C)cccc3C)CC2)cc1. The maximum Gasteiger partial charge on any atom is 0.240 e. The normalized spacial score (nSPS) is 14.4. The zero-order valence-electron chi connectivity index (χ0n) is 15.2. The zero-order chi connectivity index (χ0) is 18.9. The van der Waals surface area contributed by atoms with E-state index in [1.165, 1.54) is 6.92 Å². The predicted octanol–water partition coefficient (Wildman–Crippen LogP) is 3.86. The number of benzene rings is 2. The van der Waals surface area contributed by atoms with Crippen molar-refractivity contribution in [1.29, 1.82) is 0 Å². The lowest BCUT2D eigenvalue weighted by atomic mass is 10.0. The van der Waals surface area contributed by atoms with Crippen molar-refractivity contribution in [2.45, 2.75) is 33.6 Å². The second-order valence-electron chi connectivity index (χ2n) is 6.89. The van der Waals surface area contributed by atoms with Crippen molar-refractivity contribution in [3.8, 4) is 0 Å². The molecule has 2 N–H and O–H groups in total. The number of hydrogen-bond donors (Lipinski definition) is 2. The first-order valence-corrected chi connectivity index (χ1v) is 8.63. The van der Waals surface area contributed by atoms with E-state index < -0.39 is 5.41 Å². The molecule has 1 aliphatic rings. The molecule has 0 spiro atoms. The Morgan fingerprint density at radius 1 is 0.846 bits per heavy atom. The highest BCUT2D eigenvalue weighted by Crippen LogP contribution is 2.47. The zero-order valence-corrected chi connectivity index (χ0v) is 15.2. The van der Waals surface area contributed by atoms with Gasteiger partial charge >= 0.3 is 0 Å². The Labute approximate surface area is 152 Å². The van der Waals surface area contributed by atoms with Gasteiger partial charge in [-0.3, -0.25) is 14.4 Å². The van der Waals surface area contributed by atoms with Crippen LogP contribution >= 0.6 is 0 Å². The highest BCUT2D eigenvalue weighted by atomic mass is 16.2. The third-order valence-corrected chi connectivity index (χ3v) is 4.89. The van der Waals surface area contributed by atoms with Crippen LogP contribution in [0, 0.1) is 19.3 Å². The molecule has 3 rings (SSSR count). The largest absolute Gasteiger partial charge is 0.325 e. The van der Waals surface area contributed by atoms with Gasteiger partial charge in [-0.2, -0.15) is 0 Å². The van der Waals surface area contributed by atoms with E-state index in [-0.39, 0.29) is 17.6 Å². The molecular weight excluding hydrogens is 328 g/mol. The maximum absolute atomic E-state index is 12.8. The lowest BCUT2D eigenvalue weighted by Crippen LogP contribution is -2.36. The van der Waals surface area contributed by atoms with Gasteiger partial charge in [0.2, 0.25) is 11.8 Å². The summed E-state index contributed by atoms with van der Waals surface area (Å²) in [5.74, 6) is -0.612. The standard InChI is InChI=1S/C21H22N2O3/c1-13-5-4-6-14(2)18(13)23-20(26)21(11-12-21)19(25)22-17-9-7-16(8-10-17)15(3)24/h4-10H,11-12H2,1-3H3,(H,22,25)(H,23,26). The van der Waals surface area contributed by atoms with E-state index in [0.29, 0.717) is 24.1 Å². The quantitative estimate of drug-likeness (QED) is 0.635. The number of amides is 2. The molecule has 0 saturated heterocycles. The van der Waals surface area contributed by atoms with Crippen molar-refractivity contribution >= 4 is 29.0 Å². The van der Waals surface area contributed by atoms with Gasteiger partial charge in [0.15, 0.2) is 5.78 Å². The van der Waals surface area contributed by atoms with Crippen LogP contribution in [-0.4, -0.2) is 17.6 Å². The average Bonchev–Trinajstić information content (AvgIpc) is 3.40. The lowest BCUT2D eigenvalue weighted by molar-refractivity contribution is -0.131. The van der Waals surface area contributed by atoms with Gasteiger partial charge in [0.25, 0.3) is 0 Å². The fourth-order valence-electron chi connectivity index (χ4n) is 2.97. The maximum atomic E-state index is 12.8. The van der Waals surface area contributed by atoms with E-state index in [0.717, 1.165) is 16.8 Å². The summed E-state index contributed by atoms with van der Waals surface area (Å²) in [6.07, 6.45) is 1.06. The first-order chi connectivity index (χ1) is 12.3. The van der Waals surface area contributed by atoms with Crippen molar-refractivity contribution in [1.82, 2.24) is 0 Å². The number of carbonyl (C=O) groups excluding carboxylic acids is 3. The summed E-state index contributed by atoms with van der Waals surface area (Å²) >= 11 is 0. The molecule has 0 aliphatic heterocycles. The van der Waals surface area contributed by atoms with Crippen LogP contribution < -0.4 is 10.6 Å². The Kier molecular flexibility index (Phi) is 4.64. The third kappa shape index (κ3) is 3.38. The van der Waals surface area contributed by atoms with Crippen LogP contribution in [0.5, 0.6) is 0 Å². The van der Waals surface area contributed by atoms with Gasteiger partial charge in [-0.1, -0.05) is 18.2 Å². The van der Waals surface area contributed by atoms with Gasteiger partial charge in [0.1, 0.15) is 5.41 Å². The summed E-state index contributed by atoms with van der Waals surface area (Å²) in [6.45, 7) is 5.35. The molecule has 0 atom stereocenters. The molecule has 0 aromatic heterocycles. The molecule has 2 aromatic rings. The minimum atomic E-state index is -1.02. The van der Waals surface area contributed by atoms with Crippen LogP contribution in [0.3, 0.4) is 0 Å². The highest BCUT2D eigenvalue weighted by Gasteiger charge is 2.56. The molecule has 0 radical (unpaired) electrons. The molecule has 2 amide bonds. The summed E-state index contributed by atoms with van der Waals surface area (Å²) in [4.78, 5) is 36.8. The second-order valence-corrected chi connectivity index (χ2v) is 6.89. The molecule has 26 heavy (non-hydrogen) atoms. The highest BCUT2D eigenvalue weighted by molar-refractivity contribution is 6.17. The second kappa shape index (κ2) is 6.75. The van der Waals surface area contributed by atoms with Gasteiger partial charge in [0, 0.05) is 16.9 Å². The van der Waals surface area contributed by atoms with E-state index >= 15 is 0 Å². The molecule has 0 heterocycles. The Balaban J connectivity index is 1.72. The monoisotopic (exact) mass is 350 g/mol. The van der Waals surface area contributed by atoms with Crippen LogP contribution in [0.1, 0.15) is 41.3 Å². The summed E-state index contributed by atoms with van der Waals surface area (Å²) in [5.41, 5.74) is 2.84. The van der Waals surface area contributed by atoms with Crippen molar-refractivity contribution in [3.63, 3.8) is 0 Å². The Bertz CT molecular complexity index is 860. The topological polar surface area (TPSA) is 75.3 Å². The molecule has 1 saturated carbocycles. The number of ketones is 1. The van der Waals surface area contributed by atoms with Gasteiger partial charge in [-0.15, -0.1) is 0 Å². The molecule has 1 aliphatic carbocycles. The smallest absolute Gasteiger partial charge is 0.240 e. The van der Waals surface area contributed by atoms with E-state index in [9.17, 15) is 14.4 Å². The molecule has 5 heteroatoms. The summed E-state index contributed by atoms with van der Waals surface area (Å²) in [6, 6.07) is 12.5. The third-order valence-electron chi connectivity index (χ3n) is 4.89. The van der Waals surface area contributed by atoms with Crippen LogP contribution in [0.15, 0.2) is 42.5 Å². The van der Waals surface area contributed by atoms with E-state index in [1.807, 2.05) is 32.0 Å². The average molecular weight is 350 g/mol. The minimum absolute atomic E-state index is 0.0329. The number of para-hydroxylation sites is 1. The summed E-state index contributed by atoms with van der Waals surface area (Å²) < 4.78 is 0. The first-order valence-electron chi connectivity index (χ1n) is 8.63. The van der Waals surface area contributed by atoms with Crippen molar-refractivity contribution in [3.05, 3.63) is 59.2 Å². The van der Waals surface area contributed by atoms with Crippen LogP contribution in [0.25, 0.3) is 0 Å². The van der Waals surface area contributed by atoms with E-state index in [2.05, 4.69) is 10.6 Å². The Morgan fingerprint density at radius 3 is 1.88 bits per heavy atom. The Hall–Kier alpha value is -2.95. The number of nitrogens with one attached hydrogen (secondary N) is 2. The van der Waals surface area contributed by atoms with Crippen LogP contribution in [0.4, 0.5) is 11.4 Å². The van der Waals surface area contributed by atoms with E-state index in [1.54, 1.807) is 24.3 Å².